The normalized spacial score (nSPS) is 20.7. The Labute approximate surface area is 160 Å². The van der Waals surface area contributed by atoms with E-state index in [0.717, 1.165) is 37.1 Å². The van der Waals surface area contributed by atoms with Crippen molar-refractivity contribution in [2.24, 2.45) is 5.92 Å². The van der Waals surface area contributed by atoms with Gasteiger partial charge in [-0.2, -0.15) is 0 Å². The van der Waals surface area contributed by atoms with Crippen LogP contribution in [-0.2, 0) is 6.54 Å². The summed E-state index contributed by atoms with van der Waals surface area (Å²) in [6.45, 7) is 7.31. The van der Waals surface area contributed by atoms with Crippen LogP contribution in [-0.4, -0.2) is 34.3 Å². The molecule has 0 radical (unpaired) electrons. The number of likely N-dealkylation sites (tertiary alicyclic amines) is 1. The van der Waals surface area contributed by atoms with Crippen LogP contribution in [0.2, 0.25) is 0 Å². The minimum Gasteiger partial charge on any atom is -0.349 e. The van der Waals surface area contributed by atoms with Crippen molar-refractivity contribution < 1.29 is 4.79 Å². The summed E-state index contributed by atoms with van der Waals surface area (Å²) in [5, 5.41) is 3.26. The van der Waals surface area contributed by atoms with Crippen molar-refractivity contribution in [2.75, 3.05) is 13.1 Å². The Balaban J connectivity index is 1.37. The highest BCUT2D eigenvalue weighted by molar-refractivity contribution is 5.94. The molecule has 0 spiro atoms. The third-order valence-electron chi connectivity index (χ3n) is 5.55. The molecule has 140 valence electrons. The lowest BCUT2D eigenvalue weighted by atomic mass is 9.93. The van der Waals surface area contributed by atoms with Gasteiger partial charge in [0, 0.05) is 43.6 Å². The van der Waals surface area contributed by atoms with Gasteiger partial charge in [-0.05, 0) is 48.6 Å². The van der Waals surface area contributed by atoms with Crippen LogP contribution < -0.4 is 5.32 Å². The van der Waals surface area contributed by atoms with Gasteiger partial charge < -0.3 is 9.72 Å². The molecule has 1 N–H and O–H groups in total. The highest BCUT2D eigenvalue weighted by Gasteiger charge is 2.27. The first kappa shape index (κ1) is 17.8. The molecule has 27 heavy (non-hydrogen) atoms. The highest BCUT2D eigenvalue weighted by Crippen LogP contribution is 2.20. The molecular weight excluding hydrogens is 334 g/mol. The zero-order valence-electron chi connectivity index (χ0n) is 16.1. The quantitative estimate of drug-likeness (QED) is 0.765. The van der Waals surface area contributed by atoms with Gasteiger partial charge in [-0.3, -0.25) is 9.69 Å². The van der Waals surface area contributed by atoms with Gasteiger partial charge in [0.05, 0.1) is 5.56 Å². The largest absolute Gasteiger partial charge is 0.349 e. The predicted molar refractivity (Wildman–Crippen MR) is 109 cm³/mol. The monoisotopic (exact) mass is 361 g/mol. The van der Waals surface area contributed by atoms with Crippen molar-refractivity contribution in [1.82, 2.24) is 14.6 Å². The summed E-state index contributed by atoms with van der Waals surface area (Å²) in [5.74, 6) is 0.459. The molecule has 2 atom stereocenters. The maximum Gasteiger partial charge on any atom is 0.253 e. The zero-order chi connectivity index (χ0) is 18.8. The van der Waals surface area contributed by atoms with E-state index in [4.69, 9.17) is 0 Å². The average Bonchev–Trinajstić information content (AvgIpc) is 3.04. The summed E-state index contributed by atoms with van der Waals surface area (Å²) in [6.07, 6.45) is 4.97. The van der Waals surface area contributed by atoms with E-state index < -0.39 is 0 Å². The van der Waals surface area contributed by atoms with Crippen LogP contribution in [0.4, 0.5) is 0 Å². The second kappa shape index (κ2) is 7.57. The number of pyridine rings is 1. The van der Waals surface area contributed by atoms with Gasteiger partial charge in [0.2, 0.25) is 0 Å². The van der Waals surface area contributed by atoms with Crippen LogP contribution in [0.15, 0.2) is 60.9 Å². The smallest absolute Gasteiger partial charge is 0.253 e. The van der Waals surface area contributed by atoms with Gasteiger partial charge in [-0.15, -0.1) is 0 Å². The number of aryl methyl sites for hydroxylation is 1. The maximum atomic E-state index is 12.7. The number of nitrogens with one attached hydrogen (secondary N) is 1. The van der Waals surface area contributed by atoms with E-state index >= 15 is 0 Å². The van der Waals surface area contributed by atoms with Gasteiger partial charge in [0.25, 0.3) is 5.91 Å². The van der Waals surface area contributed by atoms with Crippen LogP contribution in [0.1, 0.15) is 34.8 Å². The summed E-state index contributed by atoms with van der Waals surface area (Å²) in [6, 6.07) is 16.9. The number of amides is 1. The van der Waals surface area contributed by atoms with Crippen LogP contribution in [0.3, 0.4) is 0 Å². The number of aromatic nitrogens is 1. The molecule has 2 unspecified atom stereocenters. The number of carbonyl (C=O) groups is 1. The first-order chi connectivity index (χ1) is 13.1. The molecule has 1 aromatic carbocycles. The first-order valence-electron chi connectivity index (χ1n) is 9.74. The van der Waals surface area contributed by atoms with Crippen LogP contribution in [0.25, 0.3) is 5.52 Å². The maximum absolute atomic E-state index is 12.7. The molecular formula is C23H27N3O. The Kier molecular flexibility index (Phi) is 4.99. The lowest BCUT2D eigenvalue weighted by Crippen LogP contribution is -2.49. The topological polar surface area (TPSA) is 36.8 Å². The van der Waals surface area contributed by atoms with Crippen molar-refractivity contribution in [3.05, 3.63) is 77.6 Å². The summed E-state index contributed by atoms with van der Waals surface area (Å²) >= 11 is 0. The minimum atomic E-state index is 0.0246. The molecule has 1 aliphatic heterocycles. The van der Waals surface area contributed by atoms with Crippen molar-refractivity contribution in [2.45, 2.75) is 32.9 Å². The minimum absolute atomic E-state index is 0.0246. The van der Waals surface area contributed by atoms with Crippen molar-refractivity contribution in [1.29, 1.82) is 0 Å². The lowest BCUT2D eigenvalue weighted by molar-refractivity contribution is 0.0860. The molecule has 1 aliphatic rings. The number of piperidine rings is 1. The Morgan fingerprint density at radius 1 is 1.15 bits per heavy atom. The second-order valence-corrected chi connectivity index (χ2v) is 7.83. The van der Waals surface area contributed by atoms with Crippen molar-refractivity contribution in [3.8, 4) is 0 Å². The Morgan fingerprint density at radius 2 is 1.96 bits per heavy atom. The number of rotatable bonds is 4. The Hall–Kier alpha value is -2.59. The molecule has 3 aromatic rings. The van der Waals surface area contributed by atoms with Gasteiger partial charge in [0.1, 0.15) is 0 Å². The third kappa shape index (κ3) is 4.06. The summed E-state index contributed by atoms with van der Waals surface area (Å²) in [4.78, 5) is 15.2. The Bertz CT molecular complexity index is 931. The number of nitrogens with zero attached hydrogens (tertiary/aromatic N) is 2. The summed E-state index contributed by atoms with van der Waals surface area (Å²) in [7, 11) is 0. The number of hydrogen-bond acceptors (Lipinski definition) is 2. The van der Waals surface area contributed by atoms with E-state index in [1.165, 1.54) is 11.1 Å². The van der Waals surface area contributed by atoms with Crippen LogP contribution >= 0.6 is 0 Å². The zero-order valence-corrected chi connectivity index (χ0v) is 16.1. The third-order valence-corrected chi connectivity index (χ3v) is 5.55. The number of carbonyl (C=O) groups excluding carboxylic acids is 1. The van der Waals surface area contributed by atoms with Crippen LogP contribution in [0, 0.1) is 12.8 Å². The first-order valence-corrected chi connectivity index (χ1v) is 9.74. The highest BCUT2D eigenvalue weighted by atomic mass is 16.1. The van der Waals surface area contributed by atoms with Gasteiger partial charge in [-0.1, -0.05) is 37.3 Å². The molecule has 1 saturated heterocycles. The standard InChI is InChI=1S/C23H27N3O/c1-17-12-21-9-8-20(16-26(21)13-17)23(27)24-22-10-11-25(14-18(22)2)15-19-6-4-3-5-7-19/h3-9,12-13,16,18,22H,10-11,14-15H2,1-2H3,(H,24,27). The average molecular weight is 361 g/mol. The number of fused-ring (bicyclic) bond motifs is 1. The van der Waals surface area contributed by atoms with Gasteiger partial charge >= 0.3 is 0 Å². The van der Waals surface area contributed by atoms with E-state index in [0.29, 0.717) is 5.92 Å². The predicted octanol–water partition coefficient (Wildman–Crippen LogP) is 3.89. The molecule has 0 bridgehead atoms. The Morgan fingerprint density at radius 3 is 2.74 bits per heavy atom. The van der Waals surface area contributed by atoms with Crippen molar-refractivity contribution in [3.63, 3.8) is 0 Å². The molecule has 1 fully saturated rings. The SMILES string of the molecule is Cc1cc2ccc(C(=O)NC3CCN(Cc4ccccc4)CC3C)cn2c1. The van der Waals surface area contributed by atoms with Gasteiger partial charge in [-0.25, -0.2) is 0 Å². The molecule has 4 nitrogen and oxygen atoms in total. The van der Waals surface area contributed by atoms with Crippen LogP contribution in [0.5, 0.6) is 0 Å². The molecule has 4 heteroatoms. The molecule has 4 rings (SSSR count). The second-order valence-electron chi connectivity index (χ2n) is 7.83. The molecule has 2 aromatic heterocycles. The van der Waals surface area contributed by atoms with Crippen molar-refractivity contribution >= 4 is 11.4 Å². The van der Waals surface area contributed by atoms with E-state index in [9.17, 15) is 4.79 Å². The van der Waals surface area contributed by atoms with E-state index in [1.807, 2.05) is 22.7 Å². The fraction of sp³-hybridized carbons (Fsp3) is 0.348. The van der Waals surface area contributed by atoms with Gasteiger partial charge in [0.15, 0.2) is 0 Å². The molecule has 1 amide bonds. The number of benzene rings is 1. The lowest BCUT2D eigenvalue weighted by Gasteiger charge is -2.37. The summed E-state index contributed by atoms with van der Waals surface area (Å²) < 4.78 is 2.02. The molecule has 3 heterocycles. The molecule has 0 aliphatic carbocycles. The molecule has 0 saturated carbocycles. The van der Waals surface area contributed by atoms with E-state index in [2.05, 4.69) is 66.7 Å². The van der Waals surface area contributed by atoms with E-state index in [1.54, 1.807) is 0 Å². The van der Waals surface area contributed by atoms with E-state index in [-0.39, 0.29) is 11.9 Å². The number of hydrogen-bond donors (Lipinski definition) is 1. The fourth-order valence-corrected chi connectivity index (χ4v) is 4.07. The summed E-state index contributed by atoms with van der Waals surface area (Å²) in [5.41, 5.74) is 4.39. The fourth-order valence-electron chi connectivity index (χ4n) is 4.07.